The van der Waals surface area contributed by atoms with Crippen molar-refractivity contribution >= 4 is 23.3 Å². The van der Waals surface area contributed by atoms with Crippen LogP contribution in [0.2, 0.25) is 0 Å². The van der Waals surface area contributed by atoms with Crippen molar-refractivity contribution in [3.8, 4) is 0 Å². The summed E-state index contributed by atoms with van der Waals surface area (Å²) in [6.45, 7) is 1.39. The van der Waals surface area contributed by atoms with Crippen molar-refractivity contribution in [1.82, 2.24) is 0 Å². The van der Waals surface area contributed by atoms with Crippen LogP contribution in [0, 0.1) is 10.1 Å². The van der Waals surface area contributed by atoms with E-state index in [0.29, 0.717) is 5.69 Å². The topological polar surface area (TPSA) is 98.5 Å². The number of carbonyl (C=O) groups excluding carboxylic acids is 2. The van der Waals surface area contributed by atoms with Crippen LogP contribution in [-0.4, -0.2) is 22.9 Å². The Hall–Kier alpha value is -3.22. The molecule has 0 fully saturated rings. The minimum absolute atomic E-state index is 0.197. The molecule has 7 nitrogen and oxygen atoms in total. The van der Waals surface area contributed by atoms with Gasteiger partial charge in [0, 0.05) is 11.8 Å². The smallest absolute Gasteiger partial charge is 0.345 e. The molecular formula is C16H14N2O5. The molecule has 0 saturated carbocycles. The van der Waals surface area contributed by atoms with Crippen LogP contribution in [-0.2, 0) is 9.53 Å². The van der Waals surface area contributed by atoms with Crippen LogP contribution < -0.4 is 5.32 Å². The second-order valence-corrected chi connectivity index (χ2v) is 4.68. The maximum atomic E-state index is 12.0. The summed E-state index contributed by atoms with van der Waals surface area (Å²) in [7, 11) is 0. The molecule has 1 amide bonds. The number of para-hydroxylation sites is 2. The minimum atomic E-state index is -1.09. The number of nitrogens with zero attached hydrogens (tertiary/aromatic N) is 1. The maximum absolute atomic E-state index is 12.0. The highest BCUT2D eigenvalue weighted by Crippen LogP contribution is 2.19. The molecule has 118 valence electrons. The predicted octanol–water partition coefficient (Wildman–Crippen LogP) is 2.78. The highest BCUT2D eigenvalue weighted by atomic mass is 16.6. The Morgan fingerprint density at radius 2 is 1.70 bits per heavy atom. The van der Waals surface area contributed by atoms with E-state index >= 15 is 0 Å². The third-order valence-electron chi connectivity index (χ3n) is 3.02. The first-order valence-electron chi connectivity index (χ1n) is 6.79. The Kier molecular flexibility index (Phi) is 5.03. The molecule has 1 N–H and O–H groups in total. The lowest BCUT2D eigenvalue weighted by molar-refractivity contribution is -0.385. The molecule has 0 aliphatic carbocycles. The molecule has 0 aliphatic heterocycles. The SMILES string of the molecule is C[C@H](OC(=O)c1ccccc1[N+](=O)[O-])C(=O)Nc1ccccc1. The third-order valence-corrected chi connectivity index (χ3v) is 3.02. The van der Waals surface area contributed by atoms with Crippen LogP contribution >= 0.6 is 0 Å². The van der Waals surface area contributed by atoms with Crippen molar-refractivity contribution in [2.45, 2.75) is 13.0 Å². The molecule has 0 aliphatic rings. The van der Waals surface area contributed by atoms with Gasteiger partial charge in [-0.2, -0.15) is 0 Å². The summed E-state index contributed by atoms with van der Waals surface area (Å²) in [6.07, 6.45) is -1.09. The van der Waals surface area contributed by atoms with Crippen LogP contribution in [0.25, 0.3) is 0 Å². The number of hydrogen-bond acceptors (Lipinski definition) is 5. The monoisotopic (exact) mass is 314 g/mol. The molecule has 2 aromatic rings. The second-order valence-electron chi connectivity index (χ2n) is 4.68. The zero-order chi connectivity index (χ0) is 16.8. The van der Waals surface area contributed by atoms with E-state index in [-0.39, 0.29) is 11.3 Å². The molecule has 7 heteroatoms. The van der Waals surface area contributed by atoms with Crippen molar-refractivity contribution in [1.29, 1.82) is 0 Å². The summed E-state index contributed by atoms with van der Waals surface area (Å²) >= 11 is 0. The number of rotatable bonds is 5. The number of carbonyl (C=O) groups is 2. The molecule has 0 spiro atoms. The number of nitro groups is 1. The van der Waals surface area contributed by atoms with Crippen molar-refractivity contribution in [3.05, 3.63) is 70.3 Å². The fraction of sp³-hybridized carbons (Fsp3) is 0.125. The largest absolute Gasteiger partial charge is 0.449 e. The van der Waals surface area contributed by atoms with E-state index in [1.54, 1.807) is 30.3 Å². The van der Waals surface area contributed by atoms with E-state index in [1.807, 2.05) is 0 Å². The van der Waals surface area contributed by atoms with Gasteiger partial charge in [-0.25, -0.2) is 4.79 Å². The van der Waals surface area contributed by atoms with Crippen LogP contribution in [0.1, 0.15) is 17.3 Å². The average Bonchev–Trinajstić information content (AvgIpc) is 2.55. The fourth-order valence-electron chi connectivity index (χ4n) is 1.85. The van der Waals surface area contributed by atoms with Crippen LogP contribution in [0.4, 0.5) is 11.4 Å². The Morgan fingerprint density at radius 1 is 1.09 bits per heavy atom. The van der Waals surface area contributed by atoms with Gasteiger partial charge >= 0.3 is 5.97 Å². The molecule has 0 heterocycles. The molecular weight excluding hydrogens is 300 g/mol. The van der Waals surface area contributed by atoms with E-state index in [0.717, 1.165) is 0 Å². The lowest BCUT2D eigenvalue weighted by Gasteiger charge is -2.13. The number of nitrogens with one attached hydrogen (secondary N) is 1. The summed E-state index contributed by atoms with van der Waals surface area (Å²) in [6, 6.07) is 14.1. The highest BCUT2D eigenvalue weighted by molar-refractivity contribution is 5.98. The number of benzene rings is 2. The van der Waals surface area contributed by atoms with Gasteiger partial charge in [-0.15, -0.1) is 0 Å². The molecule has 0 unspecified atom stereocenters. The molecule has 0 radical (unpaired) electrons. The van der Waals surface area contributed by atoms with Crippen molar-refractivity contribution in [2.24, 2.45) is 0 Å². The molecule has 2 rings (SSSR count). The zero-order valence-electron chi connectivity index (χ0n) is 12.3. The maximum Gasteiger partial charge on any atom is 0.345 e. The van der Waals surface area contributed by atoms with E-state index < -0.39 is 22.9 Å². The Bertz CT molecular complexity index is 730. The summed E-state index contributed by atoms with van der Waals surface area (Å²) in [5.41, 5.74) is -0.00359. The number of esters is 1. The standard InChI is InChI=1S/C16H14N2O5/c1-11(15(19)17-12-7-3-2-4-8-12)23-16(20)13-9-5-6-10-14(13)18(21)22/h2-11H,1H3,(H,17,19)/t11-/m0/s1. The highest BCUT2D eigenvalue weighted by Gasteiger charge is 2.24. The van der Waals surface area contributed by atoms with Gasteiger partial charge < -0.3 is 10.1 Å². The van der Waals surface area contributed by atoms with E-state index in [1.165, 1.54) is 31.2 Å². The van der Waals surface area contributed by atoms with E-state index in [9.17, 15) is 19.7 Å². The van der Waals surface area contributed by atoms with Crippen molar-refractivity contribution in [3.63, 3.8) is 0 Å². The third kappa shape index (κ3) is 4.13. The molecule has 2 aromatic carbocycles. The van der Waals surface area contributed by atoms with Gasteiger partial charge in [0.2, 0.25) is 0 Å². The summed E-state index contributed by atoms with van der Waals surface area (Å²) < 4.78 is 5.01. The minimum Gasteiger partial charge on any atom is -0.449 e. The lowest BCUT2D eigenvalue weighted by Crippen LogP contribution is -2.30. The van der Waals surface area contributed by atoms with Gasteiger partial charge in [0.05, 0.1) is 4.92 Å². The lowest BCUT2D eigenvalue weighted by atomic mass is 10.2. The van der Waals surface area contributed by atoms with Gasteiger partial charge in [-0.1, -0.05) is 30.3 Å². The Labute approximate surface area is 132 Å². The average molecular weight is 314 g/mol. The number of amides is 1. The van der Waals surface area contributed by atoms with Gasteiger partial charge in [-0.05, 0) is 25.1 Å². The summed E-state index contributed by atoms with van der Waals surface area (Å²) in [4.78, 5) is 34.2. The van der Waals surface area contributed by atoms with E-state index in [2.05, 4.69) is 5.32 Å². The normalized spacial score (nSPS) is 11.3. The number of anilines is 1. The number of ether oxygens (including phenoxy) is 1. The Morgan fingerprint density at radius 3 is 2.35 bits per heavy atom. The fourth-order valence-corrected chi connectivity index (χ4v) is 1.85. The van der Waals surface area contributed by atoms with Gasteiger partial charge in [0.15, 0.2) is 6.10 Å². The van der Waals surface area contributed by atoms with Crippen molar-refractivity contribution in [2.75, 3.05) is 5.32 Å². The first kappa shape index (κ1) is 16.2. The molecule has 0 aromatic heterocycles. The second kappa shape index (κ2) is 7.17. The van der Waals surface area contributed by atoms with Crippen molar-refractivity contribution < 1.29 is 19.2 Å². The molecule has 0 saturated heterocycles. The zero-order valence-corrected chi connectivity index (χ0v) is 12.3. The first-order valence-corrected chi connectivity index (χ1v) is 6.79. The summed E-state index contributed by atoms with van der Waals surface area (Å²) in [5, 5.41) is 13.5. The quantitative estimate of drug-likeness (QED) is 0.520. The van der Waals surface area contributed by atoms with Crippen LogP contribution in [0.5, 0.6) is 0 Å². The predicted molar refractivity (Wildman–Crippen MR) is 83.0 cm³/mol. The molecule has 23 heavy (non-hydrogen) atoms. The number of hydrogen-bond donors (Lipinski definition) is 1. The molecule has 1 atom stereocenters. The first-order chi connectivity index (χ1) is 11.0. The van der Waals surface area contributed by atoms with E-state index in [4.69, 9.17) is 4.74 Å². The number of nitro benzene ring substituents is 1. The molecule has 0 bridgehead atoms. The van der Waals surface area contributed by atoms with Gasteiger partial charge in [0.25, 0.3) is 11.6 Å². The summed E-state index contributed by atoms with van der Waals surface area (Å²) in [5.74, 6) is -1.45. The Balaban J connectivity index is 2.05. The van der Waals surface area contributed by atoms with Crippen LogP contribution in [0.3, 0.4) is 0 Å². The van der Waals surface area contributed by atoms with Gasteiger partial charge in [0.1, 0.15) is 5.56 Å². The van der Waals surface area contributed by atoms with Gasteiger partial charge in [-0.3, -0.25) is 14.9 Å². The van der Waals surface area contributed by atoms with Crippen LogP contribution in [0.15, 0.2) is 54.6 Å².